The zero-order chi connectivity index (χ0) is 17.3. The predicted octanol–water partition coefficient (Wildman–Crippen LogP) is 1.52. The highest BCUT2D eigenvalue weighted by atomic mass is 16.5. The van der Waals surface area contributed by atoms with E-state index in [2.05, 4.69) is 5.32 Å². The third-order valence-corrected chi connectivity index (χ3v) is 5.05. The Morgan fingerprint density at radius 2 is 2.00 bits per heavy atom. The van der Waals surface area contributed by atoms with Crippen molar-refractivity contribution in [2.24, 2.45) is 0 Å². The average Bonchev–Trinajstić information content (AvgIpc) is 3.01. The Bertz CT molecular complexity index is 616. The van der Waals surface area contributed by atoms with Crippen molar-refractivity contribution in [1.82, 2.24) is 15.1 Å². The van der Waals surface area contributed by atoms with Gasteiger partial charge in [0.25, 0.3) is 0 Å². The molecule has 0 aromatic heterocycles. The number of ether oxygens (including phenoxy) is 1. The summed E-state index contributed by atoms with van der Waals surface area (Å²) in [4.78, 5) is 28.6. The van der Waals surface area contributed by atoms with E-state index in [0.717, 1.165) is 12.0 Å². The first kappa shape index (κ1) is 16.8. The normalized spacial score (nSPS) is 26.5. The van der Waals surface area contributed by atoms with Crippen molar-refractivity contribution >= 4 is 11.9 Å². The molecule has 2 heterocycles. The van der Waals surface area contributed by atoms with E-state index in [9.17, 15) is 9.59 Å². The van der Waals surface area contributed by atoms with Gasteiger partial charge in [-0.1, -0.05) is 29.8 Å². The van der Waals surface area contributed by atoms with Gasteiger partial charge in [0.2, 0.25) is 5.91 Å². The minimum Gasteiger partial charge on any atom is -0.380 e. The van der Waals surface area contributed by atoms with E-state index in [1.54, 1.807) is 18.9 Å². The summed E-state index contributed by atoms with van der Waals surface area (Å²) in [5, 5.41) is 2.93. The standard InChI is InChI=1S/C18H25N3O3/c1-12-4-6-14(7-5-12)9-19-18(23)20-10-15-8-16(24-3)11-21(15)17(22)13(20)2/h4-7,13,15-16H,8-11H2,1-3H3,(H,19,23)/t13-,15-,16-/m0/s1. The molecule has 1 aromatic rings. The molecule has 1 aromatic carbocycles. The van der Waals surface area contributed by atoms with E-state index < -0.39 is 6.04 Å². The summed E-state index contributed by atoms with van der Waals surface area (Å²) in [7, 11) is 1.67. The Hall–Kier alpha value is -2.08. The van der Waals surface area contributed by atoms with Crippen molar-refractivity contribution < 1.29 is 14.3 Å². The molecule has 2 aliphatic rings. The molecule has 0 radical (unpaired) electrons. The smallest absolute Gasteiger partial charge is 0.318 e. The van der Waals surface area contributed by atoms with Crippen LogP contribution in [0.1, 0.15) is 24.5 Å². The Labute approximate surface area is 142 Å². The van der Waals surface area contributed by atoms with Gasteiger partial charge in [-0.3, -0.25) is 4.79 Å². The molecule has 2 aliphatic heterocycles. The maximum absolute atomic E-state index is 12.5. The number of amides is 3. The molecular weight excluding hydrogens is 306 g/mol. The zero-order valence-corrected chi connectivity index (χ0v) is 14.5. The van der Waals surface area contributed by atoms with Gasteiger partial charge in [0.05, 0.1) is 12.1 Å². The summed E-state index contributed by atoms with van der Waals surface area (Å²) in [6.45, 7) is 5.48. The lowest BCUT2D eigenvalue weighted by Gasteiger charge is -2.41. The summed E-state index contributed by atoms with van der Waals surface area (Å²) in [5.74, 6) is 0.0104. The van der Waals surface area contributed by atoms with E-state index >= 15 is 0 Å². The lowest BCUT2D eigenvalue weighted by Crippen LogP contribution is -2.61. The first-order valence-electron chi connectivity index (χ1n) is 8.43. The van der Waals surface area contributed by atoms with Crippen molar-refractivity contribution in [2.75, 3.05) is 20.2 Å². The molecule has 0 unspecified atom stereocenters. The van der Waals surface area contributed by atoms with Crippen molar-refractivity contribution in [2.45, 2.75) is 45.0 Å². The molecule has 0 spiro atoms. The van der Waals surface area contributed by atoms with Crippen LogP contribution in [0.15, 0.2) is 24.3 Å². The quantitative estimate of drug-likeness (QED) is 0.913. The van der Waals surface area contributed by atoms with E-state index in [0.29, 0.717) is 19.6 Å². The highest BCUT2D eigenvalue weighted by Gasteiger charge is 2.45. The highest BCUT2D eigenvalue weighted by Crippen LogP contribution is 2.27. The van der Waals surface area contributed by atoms with E-state index in [1.165, 1.54) is 5.56 Å². The molecule has 24 heavy (non-hydrogen) atoms. The monoisotopic (exact) mass is 331 g/mol. The summed E-state index contributed by atoms with van der Waals surface area (Å²) >= 11 is 0. The van der Waals surface area contributed by atoms with Gasteiger partial charge in [0, 0.05) is 26.7 Å². The average molecular weight is 331 g/mol. The highest BCUT2D eigenvalue weighted by molar-refractivity contribution is 5.88. The number of urea groups is 1. The molecule has 3 atom stereocenters. The van der Waals surface area contributed by atoms with E-state index in [1.807, 2.05) is 36.1 Å². The number of aryl methyl sites for hydroxylation is 1. The second-order valence-electron chi connectivity index (χ2n) is 6.71. The van der Waals surface area contributed by atoms with Crippen LogP contribution in [0, 0.1) is 6.92 Å². The SMILES string of the molecule is CO[C@H]1C[C@H]2CN(C(=O)NCc3ccc(C)cc3)[C@@H](C)C(=O)N2C1. The summed E-state index contributed by atoms with van der Waals surface area (Å²) < 4.78 is 5.38. The summed E-state index contributed by atoms with van der Waals surface area (Å²) in [6, 6.07) is 7.49. The van der Waals surface area contributed by atoms with Crippen LogP contribution in [0.5, 0.6) is 0 Å². The molecule has 6 nitrogen and oxygen atoms in total. The molecule has 2 fully saturated rings. The fourth-order valence-corrected chi connectivity index (χ4v) is 3.49. The van der Waals surface area contributed by atoms with Gasteiger partial charge in [0.15, 0.2) is 0 Å². The van der Waals surface area contributed by atoms with Gasteiger partial charge < -0.3 is 19.9 Å². The molecular formula is C18H25N3O3. The minimum absolute atomic E-state index is 0.0104. The summed E-state index contributed by atoms with van der Waals surface area (Å²) in [5.41, 5.74) is 2.24. The maximum atomic E-state index is 12.5. The van der Waals surface area contributed by atoms with Gasteiger partial charge in [-0.2, -0.15) is 0 Å². The first-order chi connectivity index (χ1) is 11.5. The van der Waals surface area contributed by atoms with Crippen LogP contribution < -0.4 is 5.32 Å². The van der Waals surface area contributed by atoms with Crippen LogP contribution in [0.2, 0.25) is 0 Å². The number of nitrogens with one attached hydrogen (secondary N) is 1. The number of piperazine rings is 1. The Kier molecular flexibility index (Phi) is 4.76. The van der Waals surface area contributed by atoms with Gasteiger partial charge in [-0.05, 0) is 25.8 Å². The van der Waals surface area contributed by atoms with Gasteiger partial charge in [0.1, 0.15) is 6.04 Å². The van der Waals surface area contributed by atoms with Gasteiger partial charge in [-0.15, -0.1) is 0 Å². The second kappa shape index (κ2) is 6.81. The lowest BCUT2D eigenvalue weighted by molar-refractivity contribution is -0.141. The number of nitrogens with zero attached hydrogens (tertiary/aromatic N) is 2. The Morgan fingerprint density at radius 1 is 1.29 bits per heavy atom. The van der Waals surface area contributed by atoms with E-state index in [4.69, 9.17) is 4.74 Å². The van der Waals surface area contributed by atoms with Crippen LogP contribution in [0.25, 0.3) is 0 Å². The molecule has 0 bridgehead atoms. The molecule has 0 saturated carbocycles. The number of methoxy groups -OCH3 is 1. The lowest BCUT2D eigenvalue weighted by atomic mass is 10.1. The topological polar surface area (TPSA) is 61.9 Å². The van der Waals surface area contributed by atoms with Crippen LogP contribution in [0.3, 0.4) is 0 Å². The van der Waals surface area contributed by atoms with Crippen LogP contribution in [-0.2, 0) is 16.1 Å². The number of hydrogen-bond donors (Lipinski definition) is 1. The minimum atomic E-state index is -0.435. The Morgan fingerprint density at radius 3 is 2.67 bits per heavy atom. The van der Waals surface area contributed by atoms with Crippen LogP contribution >= 0.6 is 0 Å². The largest absolute Gasteiger partial charge is 0.380 e. The second-order valence-corrected chi connectivity index (χ2v) is 6.71. The Balaban J connectivity index is 1.62. The predicted molar refractivity (Wildman–Crippen MR) is 90.5 cm³/mol. The van der Waals surface area contributed by atoms with Crippen molar-refractivity contribution in [3.05, 3.63) is 35.4 Å². The van der Waals surface area contributed by atoms with Crippen molar-refractivity contribution in [3.63, 3.8) is 0 Å². The number of rotatable bonds is 3. The third-order valence-electron chi connectivity index (χ3n) is 5.05. The molecule has 130 valence electrons. The van der Waals surface area contributed by atoms with Gasteiger partial charge >= 0.3 is 6.03 Å². The fourth-order valence-electron chi connectivity index (χ4n) is 3.49. The molecule has 3 rings (SSSR count). The van der Waals surface area contributed by atoms with Gasteiger partial charge in [-0.25, -0.2) is 4.79 Å². The van der Waals surface area contributed by atoms with Crippen molar-refractivity contribution in [1.29, 1.82) is 0 Å². The number of carbonyl (C=O) groups excluding carboxylic acids is 2. The van der Waals surface area contributed by atoms with E-state index in [-0.39, 0.29) is 24.1 Å². The van der Waals surface area contributed by atoms with Crippen LogP contribution in [0.4, 0.5) is 4.79 Å². The number of carbonyl (C=O) groups is 2. The molecule has 3 amide bonds. The van der Waals surface area contributed by atoms with Crippen LogP contribution in [-0.4, -0.2) is 60.1 Å². The maximum Gasteiger partial charge on any atom is 0.318 e. The fraction of sp³-hybridized carbons (Fsp3) is 0.556. The van der Waals surface area contributed by atoms with Crippen molar-refractivity contribution in [3.8, 4) is 0 Å². The number of benzene rings is 1. The molecule has 1 N–H and O–H groups in total. The summed E-state index contributed by atoms with van der Waals surface area (Å²) in [6.07, 6.45) is 0.859. The molecule has 0 aliphatic carbocycles. The zero-order valence-electron chi connectivity index (χ0n) is 14.5. The number of fused-ring (bicyclic) bond motifs is 1. The molecule has 2 saturated heterocycles. The third kappa shape index (κ3) is 3.24. The molecule has 6 heteroatoms. The number of hydrogen-bond acceptors (Lipinski definition) is 3. The first-order valence-corrected chi connectivity index (χ1v) is 8.43.